The highest BCUT2D eigenvalue weighted by atomic mass is 32.2. The predicted molar refractivity (Wildman–Crippen MR) is 101 cm³/mol. The molecule has 2 aromatic rings. The van der Waals surface area contributed by atoms with Crippen molar-refractivity contribution in [2.45, 2.75) is 30.7 Å². The Hall–Kier alpha value is -2.39. The summed E-state index contributed by atoms with van der Waals surface area (Å²) in [5.74, 6) is 0.153. The third kappa shape index (κ3) is 4.30. The minimum Gasteiger partial charge on any atom is -0.497 e. The maximum Gasteiger partial charge on any atom is 0.263 e. The second-order valence-corrected chi connectivity index (χ2v) is 8.38. The van der Waals surface area contributed by atoms with Gasteiger partial charge in [-0.3, -0.25) is 9.48 Å². The fraction of sp³-hybridized carbons (Fsp3) is 0.444. The van der Waals surface area contributed by atoms with Crippen molar-refractivity contribution in [2.24, 2.45) is 7.05 Å². The predicted octanol–water partition coefficient (Wildman–Crippen LogP) is 2.25. The summed E-state index contributed by atoms with van der Waals surface area (Å²) in [5, 5.41) is 6.61. The zero-order valence-electron chi connectivity index (χ0n) is 15.5. The van der Waals surface area contributed by atoms with Crippen molar-refractivity contribution in [3.63, 3.8) is 0 Å². The fourth-order valence-corrected chi connectivity index (χ4v) is 4.73. The number of nitrogens with zero attached hydrogens (tertiary/aromatic N) is 3. The number of methoxy groups -OCH3 is 1. The fourth-order valence-electron chi connectivity index (χ4n) is 3.09. The molecular weight excluding hydrogens is 368 g/mol. The molecule has 9 heteroatoms. The summed E-state index contributed by atoms with van der Waals surface area (Å²) in [5.41, 5.74) is 0.584. The van der Waals surface area contributed by atoms with Crippen molar-refractivity contribution in [2.75, 3.05) is 25.5 Å². The Balaban J connectivity index is 1.86. The van der Waals surface area contributed by atoms with Crippen LogP contribution in [-0.2, 0) is 17.1 Å². The molecule has 146 valence electrons. The third-order valence-corrected chi connectivity index (χ3v) is 6.37. The summed E-state index contributed by atoms with van der Waals surface area (Å²) < 4.78 is 34.0. The van der Waals surface area contributed by atoms with Crippen molar-refractivity contribution in [1.82, 2.24) is 14.1 Å². The Morgan fingerprint density at radius 2 is 1.74 bits per heavy atom. The van der Waals surface area contributed by atoms with Gasteiger partial charge in [-0.1, -0.05) is 12.8 Å². The third-order valence-electron chi connectivity index (χ3n) is 4.54. The van der Waals surface area contributed by atoms with Gasteiger partial charge in [0.05, 0.1) is 12.7 Å². The molecule has 1 aliphatic heterocycles. The summed E-state index contributed by atoms with van der Waals surface area (Å²) in [6.07, 6.45) is 5.10. The lowest BCUT2D eigenvalue weighted by Crippen LogP contribution is -2.33. The van der Waals surface area contributed by atoms with Gasteiger partial charge in [-0.05, 0) is 37.1 Å². The number of hydrogen-bond donors (Lipinski definition) is 1. The maximum atomic E-state index is 13.1. The van der Waals surface area contributed by atoms with E-state index < -0.39 is 15.9 Å². The van der Waals surface area contributed by atoms with Gasteiger partial charge in [0.2, 0.25) is 5.03 Å². The largest absolute Gasteiger partial charge is 0.497 e. The molecule has 1 aliphatic rings. The van der Waals surface area contributed by atoms with Gasteiger partial charge < -0.3 is 10.1 Å². The van der Waals surface area contributed by atoms with Crippen LogP contribution in [0.15, 0.2) is 35.5 Å². The first kappa shape index (κ1) is 19.4. The number of rotatable bonds is 5. The Bertz CT molecular complexity index is 898. The molecule has 3 rings (SSSR count). The molecule has 0 bridgehead atoms. The summed E-state index contributed by atoms with van der Waals surface area (Å²) in [4.78, 5) is 12.7. The molecule has 1 fully saturated rings. The van der Waals surface area contributed by atoms with E-state index in [0.29, 0.717) is 24.5 Å². The van der Waals surface area contributed by atoms with E-state index in [1.165, 1.54) is 15.2 Å². The second kappa shape index (κ2) is 8.10. The van der Waals surface area contributed by atoms with E-state index in [1.54, 1.807) is 38.4 Å². The van der Waals surface area contributed by atoms with Gasteiger partial charge in [0.25, 0.3) is 15.9 Å². The quantitative estimate of drug-likeness (QED) is 0.842. The summed E-state index contributed by atoms with van der Waals surface area (Å²) in [6, 6.07) is 6.81. The van der Waals surface area contributed by atoms with E-state index in [2.05, 4.69) is 10.4 Å². The highest BCUT2D eigenvalue weighted by Crippen LogP contribution is 2.23. The van der Waals surface area contributed by atoms with Crippen LogP contribution < -0.4 is 10.1 Å². The molecule has 0 spiro atoms. The first-order chi connectivity index (χ1) is 12.9. The molecule has 2 heterocycles. The number of aryl methyl sites for hydroxylation is 1. The number of sulfonamides is 1. The van der Waals surface area contributed by atoms with Crippen molar-refractivity contribution in [1.29, 1.82) is 0 Å². The first-order valence-corrected chi connectivity index (χ1v) is 10.3. The topological polar surface area (TPSA) is 93.5 Å². The molecule has 0 radical (unpaired) electrons. The summed E-state index contributed by atoms with van der Waals surface area (Å²) >= 11 is 0. The van der Waals surface area contributed by atoms with Crippen molar-refractivity contribution in [3.8, 4) is 5.75 Å². The standard InChI is InChI=1S/C18H24N4O4S/c1-21-13-16(17(23)19-14-7-9-15(26-2)10-8-14)18(20-21)27(24,25)22-11-5-3-4-6-12-22/h7-10,13H,3-6,11-12H2,1-2H3,(H,19,23). The van der Waals surface area contributed by atoms with Crippen LogP contribution >= 0.6 is 0 Å². The molecule has 1 amide bonds. The van der Waals surface area contributed by atoms with Crippen LogP contribution in [0.4, 0.5) is 5.69 Å². The van der Waals surface area contributed by atoms with Gasteiger partial charge in [-0.25, -0.2) is 8.42 Å². The Labute approximate surface area is 159 Å². The molecule has 0 aliphatic carbocycles. The van der Waals surface area contributed by atoms with Crippen molar-refractivity contribution < 1.29 is 17.9 Å². The van der Waals surface area contributed by atoms with Crippen molar-refractivity contribution >= 4 is 21.6 Å². The van der Waals surface area contributed by atoms with Crippen LogP contribution in [0.2, 0.25) is 0 Å². The van der Waals surface area contributed by atoms with Crippen LogP contribution in [0.3, 0.4) is 0 Å². The lowest BCUT2D eigenvalue weighted by atomic mass is 10.2. The minimum atomic E-state index is -3.82. The number of aromatic nitrogens is 2. The number of anilines is 1. The Morgan fingerprint density at radius 3 is 2.33 bits per heavy atom. The normalized spacial score (nSPS) is 15.9. The van der Waals surface area contributed by atoms with Crippen LogP contribution in [-0.4, -0.2) is 48.6 Å². The smallest absolute Gasteiger partial charge is 0.263 e. The molecule has 0 atom stereocenters. The molecule has 1 aromatic heterocycles. The molecule has 0 unspecified atom stereocenters. The van der Waals surface area contributed by atoms with E-state index in [-0.39, 0.29) is 10.6 Å². The highest BCUT2D eigenvalue weighted by Gasteiger charge is 2.32. The van der Waals surface area contributed by atoms with Crippen LogP contribution in [0.1, 0.15) is 36.0 Å². The van der Waals surface area contributed by atoms with E-state index in [0.717, 1.165) is 25.7 Å². The molecule has 1 N–H and O–H groups in total. The molecule has 0 saturated carbocycles. The summed E-state index contributed by atoms with van der Waals surface area (Å²) in [6.45, 7) is 0.914. The van der Waals surface area contributed by atoms with E-state index in [9.17, 15) is 13.2 Å². The number of carbonyl (C=O) groups excluding carboxylic acids is 1. The van der Waals surface area contributed by atoms with Crippen LogP contribution in [0.25, 0.3) is 0 Å². The molecule has 1 saturated heterocycles. The van der Waals surface area contributed by atoms with Gasteiger partial charge in [0.1, 0.15) is 5.75 Å². The number of carbonyl (C=O) groups is 1. The van der Waals surface area contributed by atoms with Crippen LogP contribution in [0.5, 0.6) is 5.75 Å². The van der Waals surface area contributed by atoms with Crippen LogP contribution in [0, 0.1) is 0 Å². The van der Waals surface area contributed by atoms with Gasteiger partial charge >= 0.3 is 0 Å². The minimum absolute atomic E-state index is 0.0394. The molecular formula is C18H24N4O4S. The van der Waals surface area contributed by atoms with E-state index in [1.807, 2.05) is 0 Å². The number of benzene rings is 1. The molecule has 27 heavy (non-hydrogen) atoms. The van der Waals surface area contributed by atoms with Gasteiger partial charge in [0.15, 0.2) is 0 Å². The SMILES string of the molecule is COc1ccc(NC(=O)c2cn(C)nc2S(=O)(=O)N2CCCCCC2)cc1. The number of amides is 1. The highest BCUT2D eigenvalue weighted by molar-refractivity contribution is 7.89. The first-order valence-electron chi connectivity index (χ1n) is 8.91. The lowest BCUT2D eigenvalue weighted by Gasteiger charge is -2.19. The Kier molecular flexibility index (Phi) is 5.81. The zero-order chi connectivity index (χ0) is 19.4. The Morgan fingerprint density at radius 1 is 1.11 bits per heavy atom. The molecule has 8 nitrogen and oxygen atoms in total. The monoisotopic (exact) mass is 392 g/mol. The number of ether oxygens (including phenoxy) is 1. The second-order valence-electron chi connectivity index (χ2n) is 6.52. The van der Waals surface area contributed by atoms with Gasteiger partial charge in [-0.2, -0.15) is 9.40 Å². The van der Waals surface area contributed by atoms with E-state index in [4.69, 9.17) is 4.74 Å². The van der Waals surface area contributed by atoms with Gasteiger partial charge in [0, 0.05) is 32.0 Å². The van der Waals surface area contributed by atoms with E-state index >= 15 is 0 Å². The van der Waals surface area contributed by atoms with Crippen molar-refractivity contribution in [3.05, 3.63) is 36.0 Å². The van der Waals surface area contributed by atoms with Gasteiger partial charge in [-0.15, -0.1) is 0 Å². The maximum absolute atomic E-state index is 13.1. The number of nitrogens with one attached hydrogen (secondary N) is 1. The average molecular weight is 392 g/mol. The lowest BCUT2D eigenvalue weighted by molar-refractivity contribution is 0.102. The molecule has 1 aromatic carbocycles. The summed E-state index contributed by atoms with van der Waals surface area (Å²) in [7, 11) is -0.661. The average Bonchev–Trinajstić information content (AvgIpc) is 2.87. The number of hydrogen-bond acceptors (Lipinski definition) is 5. The zero-order valence-corrected chi connectivity index (χ0v) is 16.3.